The van der Waals surface area contributed by atoms with E-state index < -0.39 is 0 Å². The fraction of sp³-hybridized carbons (Fsp3) is 0.474. The number of nitrogens with zero attached hydrogens (tertiary/aromatic N) is 2. The first-order valence-electron chi connectivity index (χ1n) is 8.59. The van der Waals surface area contributed by atoms with Crippen LogP contribution in [0.4, 0.5) is 0 Å². The zero-order valence-corrected chi connectivity index (χ0v) is 14.4. The van der Waals surface area contributed by atoms with E-state index in [0.29, 0.717) is 19.4 Å². The van der Waals surface area contributed by atoms with Crippen molar-refractivity contribution in [2.75, 3.05) is 13.2 Å². The number of ether oxygens (including phenoxy) is 1. The summed E-state index contributed by atoms with van der Waals surface area (Å²) in [5.74, 6) is 0.0733. The summed E-state index contributed by atoms with van der Waals surface area (Å²) in [6.07, 6.45) is 5.49. The first kappa shape index (κ1) is 16.7. The molecule has 128 valence electrons. The summed E-state index contributed by atoms with van der Waals surface area (Å²) in [6.45, 7) is 3.51. The highest BCUT2D eigenvalue weighted by molar-refractivity contribution is 5.76. The predicted molar refractivity (Wildman–Crippen MR) is 93.7 cm³/mol. The van der Waals surface area contributed by atoms with E-state index in [2.05, 4.69) is 41.6 Å². The lowest BCUT2D eigenvalue weighted by atomic mass is 10.0. The second-order valence-electron chi connectivity index (χ2n) is 6.48. The third-order valence-electron chi connectivity index (χ3n) is 4.40. The molecule has 2 aromatic rings. The van der Waals surface area contributed by atoms with Gasteiger partial charge in [0.15, 0.2) is 0 Å². The predicted octanol–water partition coefficient (Wildman–Crippen LogP) is 2.62. The molecule has 1 atom stereocenters. The van der Waals surface area contributed by atoms with Crippen molar-refractivity contribution < 1.29 is 9.53 Å². The Morgan fingerprint density at radius 2 is 2.17 bits per heavy atom. The lowest BCUT2D eigenvalue weighted by molar-refractivity contribution is -0.121. The summed E-state index contributed by atoms with van der Waals surface area (Å²) >= 11 is 0. The van der Waals surface area contributed by atoms with E-state index in [1.807, 2.05) is 17.9 Å². The zero-order valence-electron chi connectivity index (χ0n) is 14.4. The minimum atomic E-state index is 0.0733. The van der Waals surface area contributed by atoms with Crippen LogP contribution in [0, 0.1) is 6.92 Å². The minimum absolute atomic E-state index is 0.0733. The molecule has 1 aromatic carbocycles. The summed E-state index contributed by atoms with van der Waals surface area (Å²) in [7, 11) is 1.92. The van der Waals surface area contributed by atoms with Crippen LogP contribution in [0.3, 0.4) is 0 Å². The minimum Gasteiger partial charge on any atom is -0.376 e. The summed E-state index contributed by atoms with van der Waals surface area (Å²) in [5, 5.41) is 7.54. The van der Waals surface area contributed by atoms with E-state index in [1.165, 1.54) is 5.56 Å². The smallest absolute Gasteiger partial charge is 0.220 e. The Hall–Kier alpha value is -2.14. The fourth-order valence-corrected chi connectivity index (χ4v) is 3.04. The van der Waals surface area contributed by atoms with E-state index in [-0.39, 0.29) is 12.0 Å². The quantitative estimate of drug-likeness (QED) is 0.887. The number of carbonyl (C=O) groups excluding carboxylic acids is 1. The van der Waals surface area contributed by atoms with Crippen LogP contribution in [0.1, 0.15) is 30.4 Å². The number of aryl methyl sites for hydroxylation is 3. The highest BCUT2D eigenvalue weighted by Gasteiger charge is 2.17. The molecule has 1 aliphatic heterocycles. The van der Waals surface area contributed by atoms with Gasteiger partial charge in [0.2, 0.25) is 5.91 Å². The molecule has 0 spiro atoms. The van der Waals surface area contributed by atoms with Gasteiger partial charge in [-0.1, -0.05) is 29.8 Å². The second kappa shape index (κ2) is 7.62. The van der Waals surface area contributed by atoms with Crippen LogP contribution >= 0.6 is 0 Å². The van der Waals surface area contributed by atoms with Crippen molar-refractivity contribution >= 4 is 5.91 Å². The highest BCUT2D eigenvalue weighted by atomic mass is 16.5. The van der Waals surface area contributed by atoms with Crippen molar-refractivity contribution in [1.29, 1.82) is 0 Å². The molecule has 1 saturated heterocycles. The molecule has 0 aliphatic carbocycles. The number of hydrogen-bond acceptors (Lipinski definition) is 3. The SMILES string of the molecule is Cc1ccc(-c2nn(C)cc2CCC(=O)NC[C@@H]2CCCO2)cc1. The van der Waals surface area contributed by atoms with Crippen molar-refractivity contribution in [2.24, 2.45) is 7.05 Å². The molecule has 0 saturated carbocycles. The normalized spacial score (nSPS) is 17.2. The van der Waals surface area contributed by atoms with Crippen LogP contribution in [0.15, 0.2) is 30.5 Å². The Balaban J connectivity index is 1.58. The topological polar surface area (TPSA) is 56.2 Å². The third kappa shape index (κ3) is 4.23. The number of amides is 1. The van der Waals surface area contributed by atoms with Gasteiger partial charge in [-0.2, -0.15) is 5.10 Å². The summed E-state index contributed by atoms with van der Waals surface area (Å²) < 4.78 is 7.34. The largest absolute Gasteiger partial charge is 0.376 e. The van der Waals surface area contributed by atoms with Gasteiger partial charge >= 0.3 is 0 Å². The molecule has 1 aliphatic rings. The molecular weight excluding hydrogens is 302 g/mol. The molecular formula is C19H25N3O2. The Morgan fingerprint density at radius 1 is 1.38 bits per heavy atom. The molecule has 1 fully saturated rings. The number of aromatic nitrogens is 2. The van der Waals surface area contributed by atoms with Crippen LogP contribution in [-0.2, 0) is 23.0 Å². The molecule has 2 heterocycles. The third-order valence-corrected chi connectivity index (χ3v) is 4.40. The number of benzene rings is 1. The number of carbonyl (C=O) groups is 1. The standard InChI is InChI=1S/C19H25N3O2/c1-14-5-7-15(8-6-14)19-16(13-22(2)21-19)9-10-18(23)20-12-17-4-3-11-24-17/h5-8,13,17H,3-4,9-12H2,1-2H3,(H,20,23)/t17-/m0/s1. The maximum absolute atomic E-state index is 12.1. The lowest BCUT2D eigenvalue weighted by Gasteiger charge is -2.10. The molecule has 5 nitrogen and oxygen atoms in total. The first-order chi connectivity index (χ1) is 11.6. The van der Waals surface area contributed by atoms with Gasteiger partial charge < -0.3 is 10.1 Å². The van der Waals surface area contributed by atoms with Crippen LogP contribution in [-0.4, -0.2) is 34.9 Å². The Morgan fingerprint density at radius 3 is 2.88 bits per heavy atom. The summed E-state index contributed by atoms with van der Waals surface area (Å²) in [5.41, 5.74) is 4.39. The van der Waals surface area contributed by atoms with Gasteiger partial charge in [0, 0.05) is 38.4 Å². The summed E-state index contributed by atoms with van der Waals surface area (Å²) in [4.78, 5) is 12.1. The van der Waals surface area contributed by atoms with Crippen molar-refractivity contribution in [3.8, 4) is 11.3 Å². The van der Waals surface area contributed by atoms with E-state index >= 15 is 0 Å². The molecule has 1 amide bonds. The molecule has 0 radical (unpaired) electrons. The number of hydrogen-bond donors (Lipinski definition) is 1. The van der Waals surface area contributed by atoms with E-state index in [0.717, 1.165) is 36.3 Å². The molecule has 0 bridgehead atoms. The monoisotopic (exact) mass is 327 g/mol. The van der Waals surface area contributed by atoms with Crippen molar-refractivity contribution in [1.82, 2.24) is 15.1 Å². The van der Waals surface area contributed by atoms with Crippen LogP contribution in [0.25, 0.3) is 11.3 Å². The lowest BCUT2D eigenvalue weighted by Crippen LogP contribution is -2.31. The molecule has 24 heavy (non-hydrogen) atoms. The van der Waals surface area contributed by atoms with Gasteiger partial charge in [0.1, 0.15) is 0 Å². The molecule has 5 heteroatoms. The Labute approximate surface area is 143 Å². The van der Waals surface area contributed by atoms with E-state index in [4.69, 9.17) is 4.74 Å². The summed E-state index contributed by atoms with van der Waals surface area (Å²) in [6, 6.07) is 8.33. The maximum atomic E-state index is 12.1. The second-order valence-corrected chi connectivity index (χ2v) is 6.48. The van der Waals surface area contributed by atoms with E-state index in [1.54, 1.807) is 0 Å². The molecule has 1 aromatic heterocycles. The van der Waals surface area contributed by atoms with Gasteiger partial charge in [-0.05, 0) is 31.7 Å². The number of nitrogens with one attached hydrogen (secondary N) is 1. The van der Waals surface area contributed by atoms with Crippen molar-refractivity contribution in [2.45, 2.75) is 38.7 Å². The van der Waals surface area contributed by atoms with Crippen LogP contribution in [0.2, 0.25) is 0 Å². The van der Waals surface area contributed by atoms with Gasteiger partial charge in [0.25, 0.3) is 0 Å². The molecule has 0 unspecified atom stereocenters. The van der Waals surface area contributed by atoms with Gasteiger partial charge in [-0.15, -0.1) is 0 Å². The Kier molecular flexibility index (Phi) is 5.30. The first-order valence-corrected chi connectivity index (χ1v) is 8.59. The average Bonchev–Trinajstić information content (AvgIpc) is 3.21. The molecule has 1 N–H and O–H groups in total. The Bertz CT molecular complexity index is 685. The van der Waals surface area contributed by atoms with Gasteiger partial charge in [-0.25, -0.2) is 0 Å². The highest BCUT2D eigenvalue weighted by Crippen LogP contribution is 2.23. The van der Waals surface area contributed by atoms with Crippen LogP contribution < -0.4 is 5.32 Å². The van der Waals surface area contributed by atoms with Crippen molar-refractivity contribution in [3.63, 3.8) is 0 Å². The fourth-order valence-electron chi connectivity index (χ4n) is 3.04. The zero-order chi connectivity index (χ0) is 16.9. The van der Waals surface area contributed by atoms with Gasteiger partial charge in [-0.3, -0.25) is 9.48 Å². The number of rotatable bonds is 6. The van der Waals surface area contributed by atoms with Crippen LogP contribution in [0.5, 0.6) is 0 Å². The van der Waals surface area contributed by atoms with E-state index in [9.17, 15) is 4.79 Å². The van der Waals surface area contributed by atoms with Crippen molar-refractivity contribution in [3.05, 3.63) is 41.6 Å². The molecule has 3 rings (SSSR count). The van der Waals surface area contributed by atoms with Gasteiger partial charge in [0.05, 0.1) is 11.8 Å². The average molecular weight is 327 g/mol. The maximum Gasteiger partial charge on any atom is 0.220 e.